The Labute approximate surface area is 139 Å². The number of carboxylic acid groups (broad SMARTS) is 1. The zero-order valence-electron chi connectivity index (χ0n) is 13.7. The van der Waals surface area contributed by atoms with Crippen LogP contribution in [0.4, 0.5) is 0 Å². The first-order valence-electron chi connectivity index (χ1n) is 7.77. The normalized spacial score (nSPS) is 11.7. The van der Waals surface area contributed by atoms with Crippen LogP contribution in [-0.4, -0.2) is 33.5 Å². The molecule has 0 saturated heterocycles. The van der Waals surface area contributed by atoms with Crippen molar-refractivity contribution in [1.82, 2.24) is 9.88 Å². The second-order valence-electron chi connectivity index (χ2n) is 5.66. The van der Waals surface area contributed by atoms with E-state index in [9.17, 15) is 19.2 Å². The van der Waals surface area contributed by atoms with Gasteiger partial charge in [-0.25, -0.2) is 4.79 Å². The molecule has 1 rings (SSSR count). The van der Waals surface area contributed by atoms with Gasteiger partial charge in [-0.15, -0.1) is 0 Å². The fraction of sp³-hybridized carbons (Fsp3) is 0.500. The van der Waals surface area contributed by atoms with Gasteiger partial charge in [-0.1, -0.05) is 0 Å². The van der Waals surface area contributed by atoms with Crippen LogP contribution in [0.25, 0.3) is 0 Å². The molecule has 0 radical (unpaired) electrons. The highest BCUT2D eigenvalue weighted by atomic mass is 16.4. The Morgan fingerprint density at radius 3 is 2.58 bits per heavy atom. The third kappa shape index (κ3) is 7.08. The summed E-state index contributed by atoms with van der Waals surface area (Å²) in [5, 5.41) is 11.4. The van der Waals surface area contributed by atoms with E-state index in [4.69, 9.17) is 10.8 Å². The minimum atomic E-state index is -1.20. The molecule has 8 nitrogen and oxygen atoms in total. The summed E-state index contributed by atoms with van der Waals surface area (Å²) in [7, 11) is 0. The number of carboxylic acids is 1. The summed E-state index contributed by atoms with van der Waals surface area (Å²) >= 11 is 0. The van der Waals surface area contributed by atoms with E-state index in [1.807, 2.05) is 13.0 Å². The van der Waals surface area contributed by atoms with Crippen molar-refractivity contribution in [3.05, 3.63) is 34.2 Å². The fourth-order valence-corrected chi connectivity index (χ4v) is 2.17. The Kier molecular flexibility index (Phi) is 7.67. The maximum absolute atomic E-state index is 11.8. The van der Waals surface area contributed by atoms with Crippen molar-refractivity contribution in [2.24, 2.45) is 5.73 Å². The lowest BCUT2D eigenvalue weighted by molar-refractivity contribution is -0.142. The highest BCUT2D eigenvalue weighted by molar-refractivity contribution is 5.84. The van der Waals surface area contributed by atoms with E-state index < -0.39 is 23.8 Å². The van der Waals surface area contributed by atoms with E-state index in [1.54, 1.807) is 16.8 Å². The quantitative estimate of drug-likeness (QED) is 0.523. The number of nitrogens with zero attached hydrogens (tertiary/aromatic N) is 1. The van der Waals surface area contributed by atoms with E-state index in [0.717, 1.165) is 5.56 Å². The summed E-state index contributed by atoms with van der Waals surface area (Å²) in [5.41, 5.74) is 5.78. The molecular formula is C16H23N3O5. The molecule has 0 saturated carbocycles. The van der Waals surface area contributed by atoms with Crippen molar-refractivity contribution in [2.75, 3.05) is 0 Å². The maximum Gasteiger partial charge on any atom is 0.326 e. The Bertz CT molecular complexity index is 653. The summed E-state index contributed by atoms with van der Waals surface area (Å²) in [4.78, 5) is 45.2. The molecule has 0 aliphatic rings. The molecule has 1 atom stereocenters. The van der Waals surface area contributed by atoms with Gasteiger partial charge in [0.05, 0.1) is 0 Å². The molecule has 24 heavy (non-hydrogen) atoms. The van der Waals surface area contributed by atoms with Gasteiger partial charge >= 0.3 is 5.97 Å². The van der Waals surface area contributed by atoms with Crippen LogP contribution in [-0.2, 0) is 20.9 Å². The molecule has 1 aromatic heterocycles. The molecule has 4 N–H and O–H groups in total. The van der Waals surface area contributed by atoms with Crippen LogP contribution in [0.15, 0.2) is 23.1 Å². The van der Waals surface area contributed by atoms with Gasteiger partial charge in [0.25, 0.3) is 5.56 Å². The topological polar surface area (TPSA) is 131 Å². The summed E-state index contributed by atoms with van der Waals surface area (Å²) in [6, 6.07) is 2.26. The number of aliphatic carboxylic acids is 1. The van der Waals surface area contributed by atoms with Gasteiger partial charge in [0.2, 0.25) is 11.8 Å². The van der Waals surface area contributed by atoms with Crippen molar-refractivity contribution in [2.45, 2.75) is 51.6 Å². The lowest BCUT2D eigenvalue weighted by atomic mass is 10.1. The molecule has 8 heteroatoms. The monoisotopic (exact) mass is 337 g/mol. The Balaban J connectivity index is 2.35. The number of aryl methyl sites for hydroxylation is 2. The Hall–Kier alpha value is -2.64. The van der Waals surface area contributed by atoms with Gasteiger partial charge in [0.15, 0.2) is 0 Å². The zero-order valence-corrected chi connectivity index (χ0v) is 13.7. The van der Waals surface area contributed by atoms with Gasteiger partial charge in [-0.05, 0) is 37.8 Å². The summed E-state index contributed by atoms with van der Waals surface area (Å²) in [5.74, 6) is -2.21. The average Bonchev–Trinajstić information content (AvgIpc) is 2.49. The average molecular weight is 337 g/mol. The van der Waals surface area contributed by atoms with E-state index in [-0.39, 0.29) is 24.8 Å². The minimum absolute atomic E-state index is 0.0326. The van der Waals surface area contributed by atoms with E-state index in [0.29, 0.717) is 19.4 Å². The van der Waals surface area contributed by atoms with Gasteiger partial charge in [0, 0.05) is 31.6 Å². The van der Waals surface area contributed by atoms with Crippen LogP contribution in [0.1, 0.15) is 37.7 Å². The first kappa shape index (κ1) is 19.4. The minimum Gasteiger partial charge on any atom is -0.480 e. The third-order valence-corrected chi connectivity index (χ3v) is 3.52. The number of unbranched alkanes of at least 4 members (excludes halogenated alkanes) is 1. The molecule has 1 unspecified atom stereocenters. The van der Waals surface area contributed by atoms with E-state index in [1.165, 1.54) is 0 Å². The van der Waals surface area contributed by atoms with Crippen LogP contribution in [0.3, 0.4) is 0 Å². The number of hydrogen-bond acceptors (Lipinski definition) is 4. The van der Waals surface area contributed by atoms with Crippen LogP contribution in [0.2, 0.25) is 0 Å². The zero-order chi connectivity index (χ0) is 18.1. The smallest absolute Gasteiger partial charge is 0.326 e. The first-order chi connectivity index (χ1) is 11.3. The molecular weight excluding hydrogens is 314 g/mol. The Morgan fingerprint density at radius 1 is 1.29 bits per heavy atom. The Morgan fingerprint density at radius 2 is 2.00 bits per heavy atom. The predicted octanol–water partition coefficient (Wildman–Crippen LogP) is 0.162. The van der Waals surface area contributed by atoms with Crippen molar-refractivity contribution in [3.63, 3.8) is 0 Å². The molecule has 0 bridgehead atoms. The molecule has 2 amide bonds. The SMILES string of the molecule is Cc1ccn(CCCCC(=O)NC(CCC(N)=O)C(=O)O)c(=O)c1. The van der Waals surface area contributed by atoms with Crippen LogP contribution in [0.5, 0.6) is 0 Å². The number of aromatic nitrogens is 1. The molecule has 0 spiro atoms. The molecule has 0 aromatic carbocycles. The number of hydrogen-bond donors (Lipinski definition) is 3. The van der Waals surface area contributed by atoms with Gasteiger partial charge < -0.3 is 20.7 Å². The number of carbonyl (C=O) groups excluding carboxylic acids is 2. The summed E-state index contributed by atoms with van der Waals surface area (Å²) in [6.07, 6.45) is 2.87. The number of primary amides is 1. The van der Waals surface area contributed by atoms with Crippen LogP contribution in [0, 0.1) is 6.92 Å². The van der Waals surface area contributed by atoms with Crippen molar-refractivity contribution in [3.8, 4) is 0 Å². The van der Waals surface area contributed by atoms with Gasteiger partial charge in [-0.2, -0.15) is 0 Å². The number of amides is 2. The largest absolute Gasteiger partial charge is 0.480 e. The maximum atomic E-state index is 11.8. The first-order valence-corrected chi connectivity index (χ1v) is 7.77. The van der Waals surface area contributed by atoms with E-state index >= 15 is 0 Å². The van der Waals surface area contributed by atoms with Crippen molar-refractivity contribution >= 4 is 17.8 Å². The van der Waals surface area contributed by atoms with Gasteiger partial charge in [-0.3, -0.25) is 14.4 Å². The standard InChI is InChI=1S/C16H23N3O5/c1-11-7-9-19(15(22)10-11)8-3-2-4-14(21)18-12(16(23)24)5-6-13(17)20/h7,9-10,12H,2-6,8H2,1H3,(H2,17,20)(H,18,21)(H,23,24). The third-order valence-electron chi connectivity index (χ3n) is 3.52. The lowest BCUT2D eigenvalue weighted by Gasteiger charge is -2.13. The fourth-order valence-electron chi connectivity index (χ4n) is 2.17. The molecule has 0 fully saturated rings. The molecule has 0 aliphatic heterocycles. The van der Waals surface area contributed by atoms with Crippen molar-refractivity contribution in [1.29, 1.82) is 0 Å². The number of nitrogens with two attached hydrogens (primary N) is 1. The summed E-state index contributed by atoms with van der Waals surface area (Å²) in [6.45, 7) is 2.34. The number of rotatable bonds is 10. The highest BCUT2D eigenvalue weighted by Crippen LogP contribution is 2.02. The number of carbonyl (C=O) groups is 3. The number of nitrogens with one attached hydrogen (secondary N) is 1. The molecule has 132 valence electrons. The van der Waals surface area contributed by atoms with Crippen molar-refractivity contribution < 1.29 is 19.5 Å². The van der Waals surface area contributed by atoms with Crippen LogP contribution < -0.4 is 16.6 Å². The van der Waals surface area contributed by atoms with Crippen LogP contribution >= 0.6 is 0 Å². The second-order valence-corrected chi connectivity index (χ2v) is 5.66. The highest BCUT2D eigenvalue weighted by Gasteiger charge is 2.20. The molecule has 1 heterocycles. The lowest BCUT2D eigenvalue weighted by Crippen LogP contribution is -2.41. The summed E-state index contributed by atoms with van der Waals surface area (Å²) < 4.78 is 1.57. The van der Waals surface area contributed by atoms with E-state index in [2.05, 4.69) is 5.32 Å². The predicted molar refractivity (Wildman–Crippen MR) is 87.3 cm³/mol. The second kappa shape index (κ2) is 9.49. The van der Waals surface area contributed by atoms with Gasteiger partial charge in [0.1, 0.15) is 6.04 Å². The number of pyridine rings is 1. The molecule has 0 aliphatic carbocycles. The molecule has 1 aromatic rings.